The fourth-order valence-electron chi connectivity index (χ4n) is 3.32. The highest BCUT2D eigenvalue weighted by Crippen LogP contribution is 2.41. The molecule has 0 aliphatic carbocycles. The summed E-state index contributed by atoms with van der Waals surface area (Å²) in [6.07, 6.45) is 1.91. The van der Waals surface area contributed by atoms with E-state index < -0.39 is 0 Å². The molecule has 26 heavy (non-hydrogen) atoms. The van der Waals surface area contributed by atoms with Gasteiger partial charge in [-0.25, -0.2) is 4.98 Å². The van der Waals surface area contributed by atoms with Gasteiger partial charge in [0.1, 0.15) is 11.9 Å². The van der Waals surface area contributed by atoms with Crippen molar-refractivity contribution in [2.24, 2.45) is 5.73 Å². The van der Waals surface area contributed by atoms with Gasteiger partial charge in [-0.1, -0.05) is 30.3 Å². The Kier molecular flexibility index (Phi) is 5.09. The smallest absolute Gasteiger partial charge is 0.224 e. The first-order valence-electron chi connectivity index (χ1n) is 8.75. The molecule has 0 unspecified atom stereocenters. The van der Waals surface area contributed by atoms with Crippen LogP contribution in [0.5, 0.6) is 0 Å². The van der Waals surface area contributed by atoms with Crippen molar-refractivity contribution in [3.8, 4) is 0 Å². The van der Waals surface area contributed by atoms with Crippen molar-refractivity contribution in [2.45, 2.75) is 38.5 Å². The van der Waals surface area contributed by atoms with Crippen LogP contribution in [-0.4, -0.2) is 22.6 Å². The molecule has 1 aliphatic rings. The summed E-state index contributed by atoms with van der Waals surface area (Å²) in [5, 5.41) is 3.65. The maximum atomic E-state index is 6.31. The number of aryl methyl sites for hydroxylation is 1. The van der Waals surface area contributed by atoms with Gasteiger partial charge in [0.2, 0.25) is 5.28 Å². The van der Waals surface area contributed by atoms with E-state index in [1.807, 2.05) is 18.2 Å². The van der Waals surface area contributed by atoms with E-state index in [4.69, 9.17) is 22.1 Å². The Morgan fingerprint density at radius 3 is 2.88 bits per heavy atom. The summed E-state index contributed by atoms with van der Waals surface area (Å²) in [5.41, 5.74) is 9.45. The minimum atomic E-state index is -0.0799. The number of ether oxygens (including phenoxy) is 1. The lowest BCUT2D eigenvalue weighted by Gasteiger charge is -2.28. The van der Waals surface area contributed by atoms with E-state index in [9.17, 15) is 0 Å². The summed E-state index contributed by atoms with van der Waals surface area (Å²) in [6.45, 7) is 3.48. The quantitative estimate of drug-likeness (QED) is 0.646. The molecule has 0 spiro atoms. The molecule has 1 fully saturated rings. The molecule has 0 radical (unpaired) electrons. The standard InChI is InChI=1S/C19H21ClN4OS/c1-11-14-17(26-16(11)15-13(21)8-5-9-25-15)18(24-19(20)23-14)22-10-12-6-3-2-4-7-12/h2-4,6-7,13,15H,5,8-10,21H2,1H3,(H,22,23,24)/t13-,15-/m0/s1. The largest absolute Gasteiger partial charge is 0.371 e. The second kappa shape index (κ2) is 7.48. The van der Waals surface area contributed by atoms with Crippen LogP contribution in [0.25, 0.3) is 10.2 Å². The maximum Gasteiger partial charge on any atom is 0.224 e. The predicted octanol–water partition coefficient (Wildman–Crippen LogP) is 4.44. The number of hydrogen-bond acceptors (Lipinski definition) is 6. The van der Waals surface area contributed by atoms with Crippen molar-refractivity contribution in [1.82, 2.24) is 9.97 Å². The molecular weight excluding hydrogens is 368 g/mol. The van der Waals surface area contributed by atoms with Crippen LogP contribution in [0.15, 0.2) is 30.3 Å². The van der Waals surface area contributed by atoms with Crippen LogP contribution in [-0.2, 0) is 11.3 Å². The van der Waals surface area contributed by atoms with Gasteiger partial charge in [-0.05, 0) is 42.5 Å². The highest BCUT2D eigenvalue weighted by atomic mass is 35.5. The molecule has 7 heteroatoms. The molecule has 2 atom stereocenters. The van der Waals surface area contributed by atoms with Crippen LogP contribution in [0.3, 0.4) is 0 Å². The van der Waals surface area contributed by atoms with E-state index >= 15 is 0 Å². The molecule has 1 aromatic carbocycles. The van der Waals surface area contributed by atoms with Gasteiger partial charge >= 0.3 is 0 Å². The highest BCUT2D eigenvalue weighted by molar-refractivity contribution is 7.19. The third-order valence-electron chi connectivity index (χ3n) is 4.70. The number of nitrogens with two attached hydrogens (primary N) is 1. The van der Waals surface area contributed by atoms with Gasteiger partial charge in [0.25, 0.3) is 0 Å². The van der Waals surface area contributed by atoms with E-state index in [1.165, 1.54) is 5.56 Å². The first kappa shape index (κ1) is 17.7. The van der Waals surface area contributed by atoms with Gasteiger partial charge in [0.05, 0.1) is 10.2 Å². The zero-order valence-electron chi connectivity index (χ0n) is 14.5. The van der Waals surface area contributed by atoms with Crippen LogP contribution < -0.4 is 11.1 Å². The lowest BCUT2D eigenvalue weighted by molar-refractivity contribution is 0.00207. The van der Waals surface area contributed by atoms with E-state index in [0.29, 0.717) is 6.54 Å². The van der Waals surface area contributed by atoms with E-state index in [2.05, 4.69) is 34.3 Å². The lowest BCUT2D eigenvalue weighted by Crippen LogP contribution is -2.34. The number of thiophene rings is 1. The molecule has 0 amide bonds. The molecule has 3 heterocycles. The Balaban J connectivity index is 1.70. The Morgan fingerprint density at radius 1 is 1.31 bits per heavy atom. The minimum absolute atomic E-state index is 0.0136. The zero-order valence-corrected chi connectivity index (χ0v) is 16.1. The zero-order chi connectivity index (χ0) is 18.1. The Hall–Kier alpha value is -1.73. The van der Waals surface area contributed by atoms with E-state index in [0.717, 1.165) is 45.9 Å². The van der Waals surface area contributed by atoms with Crippen LogP contribution in [0, 0.1) is 6.92 Å². The van der Waals surface area contributed by atoms with E-state index in [1.54, 1.807) is 11.3 Å². The molecule has 0 saturated carbocycles. The molecule has 2 aromatic heterocycles. The molecule has 0 bridgehead atoms. The van der Waals surface area contributed by atoms with Crippen molar-refractivity contribution in [3.05, 3.63) is 51.6 Å². The highest BCUT2D eigenvalue weighted by Gasteiger charge is 2.29. The van der Waals surface area contributed by atoms with Crippen LogP contribution in [0.2, 0.25) is 5.28 Å². The SMILES string of the molecule is Cc1c([C@H]2OCCC[C@@H]2N)sc2c(NCc3ccccc3)nc(Cl)nc12. The van der Waals surface area contributed by atoms with Gasteiger partial charge in [-0.3, -0.25) is 0 Å². The van der Waals surface area contributed by atoms with Crippen molar-refractivity contribution >= 4 is 39.0 Å². The molecule has 1 aliphatic heterocycles. The molecule has 3 aromatic rings. The number of fused-ring (bicyclic) bond motifs is 1. The fourth-order valence-corrected chi connectivity index (χ4v) is 4.83. The van der Waals surface area contributed by atoms with Gasteiger partial charge in [-0.15, -0.1) is 11.3 Å². The normalized spacial score (nSPS) is 20.4. The summed E-state index contributed by atoms with van der Waals surface area (Å²) >= 11 is 7.84. The second-order valence-corrected chi connectivity index (χ2v) is 7.94. The third kappa shape index (κ3) is 3.42. The van der Waals surface area contributed by atoms with Gasteiger partial charge in [0.15, 0.2) is 0 Å². The van der Waals surface area contributed by atoms with Crippen LogP contribution in [0.4, 0.5) is 5.82 Å². The minimum Gasteiger partial charge on any atom is -0.371 e. The van der Waals surface area contributed by atoms with Crippen molar-refractivity contribution < 1.29 is 4.74 Å². The third-order valence-corrected chi connectivity index (χ3v) is 6.22. The Morgan fingerprint density at radius 2 is 2.12 bits per heavy atom. The lowest BCUT2D eigenvalue weighted by atomic mass is 10.0. The summed E-state index contributed by atoms with van der Waals surface area (Å²) < 4.78 is 6.97. The Labute approximate surface area is 161 Å². The first-order chi connectivity index (χ1) is 12.6. The molecule has 136 valence electrons. The predicted molar refractivity (Wildman–Crippen MR) is 107 cm³/mol. The molecular formula is C19H21ClN4OS. The Bertz CT molecular complexity index is 915. The number of anilines is 1. The second-order valence-electron chi connectivity index (χ2n) is 6.55. The monoisotopic (exact) mass is 388 g/mol. The molecule has 1 saturated heterocycles. The van der Waals surface area contributed by atoms with Crippen molar-refractivity contribution in [2.75, 3.05) is 11.9 Å². The fraction of sp³-hybridized carbons (Fsp3) is 0.368. The number of nitrogens with one attached hydrogen (secondary N) is 1. The number of benzene rings is 1. The topological polar surface area (TPSA) is 73.1 Å². The molecule has 3 N–H and O–H groups in total. The summed E-state index contributed by atoms with van der Waals surface area (Å²) in [6, 6.07) is 10.2. The molecule has 4 rings (SSSR count). The number of halogens is 1. The van der Waals surface area contributed by atoms with Gasteiger partial charge in [-0.2, -0.15) is 4.98 Å². The van der Waals surface area contributed by atoms with Crippen molar-refractivity contribution in [1.29, 1.82) is 0 Å². The number of hydrogen-bond donors (Lipinski definition) is 2. The van der Waals surface area contributed by atoms with Gasteiger partial charge in [0, 0.05) is 24.1 Å². The molecule has 5 nitrogen and oxygen atoms in total. The first-order valence-corrected chi connectivity index (χ1v) is 9.94. The average Bonchev–Trinajstić information content (AvgIpc) is 2.98. The summed E-state index contributed by atoms with van der Waals surface area (Å²) in [7, 11) is 0. The number of aromatic nitrogens is 2. The van der Waals surface area contributed by atoms with E-state index in [-0.39, 0.29) is 17.4 Å². The summed E-state index contributed by atoms with van der Waals surface area (Å²) in [4.78, 5) is 10.0. The van der Waals surface area contributed by atoms with Crippen LogP contribution >= 0.6 is 22.9 Å². The average molecular weight is 389 g/mol. The van der Waals surface area contributed by atoms with Gasteiger partial charge < -0.3 is 15.8 Å². The van der Waals surface area contributed by atoms with Crippen LogP contribution in [0.1, 0.15) is 34.9 Å². The summed E-state index contributed by atoms with van der Waals surface area (Å²) in [5.74, 6) is 0.757. The maximum absolute atomic E-state index is 6.31. The number of nitrogens with zero attached hydrogens (tertiary/aromatic N) is 2. The number of rotatable bonds is 4. The van der Waals surface area contributed by atoms with Crippen molar-refractivity contribution in [3.63, 3.8) is 0 Å².